The molecule has 0 saturated carbocycles. The molecule has 0 amide bonds. The summed E-state index contributed by atoms with van der Waals surface area (Å²) < 4.78 is 21.9. The lowest BCUT2D eigenvalue weighted by molar-refractivity contribution is 0.279. The summed E-state index contributed by atoms with van der Waals surface area (Å²) in [5, 5.41) is 0. The number of rotatable bonds is 6. The van der Waals surface area contributed by atoms with Crippen LogP contribution in [-0.4, -0.2) is 29.6 Å². The second kappa shape index (κ2) is 6.11. The molecule has 0 heterocycles. The van der Waals surface area contributed by atoms with E-state index in [4.69, 9.17) is 18.6 Å². The summed E-state index contributed by atoms with van der Waals surface area (Å²) in [7, 11) is 3.30. The molecule has 0 N–H and O–H groups in total. The number of methoxy groups -OCH3 is 3. The summed E-state index contributed by atoms with van der Waals surface area (Å²) >= 11 is 0. The standard InChI is InChI=1S/C13H22O4Si/c1-14-10-7-12(15-2)11(13(8-10)16-3)9-17-18(4,5)6/h7-8H,9H2,1-6H3. The van der Waals surface area contributed by atoms with E-state index >= 15 is 0 Å². The van der Waals surface area contributed by atoms with Crippen LogP contribution in [0, 0.1) is 0 Å². The van der Waals surface area contributed by atoms with Gasteiger partial charge in [-0.1, -0.05) is 0 Å². The van der Waals surface area contributed by atoms with Crippen molar-refractivity contribution in [2.24, 2.45) is 0 Å². The van der Waals surface area contributed by atoms with Crippen LogP contribution in [0.3, 0.4) is 0 Å². The third-order valence-corrected chi connectivity index (χ3v) is 3.48. The molecule has 0 unspecified atom stereocenters. The average Bonchev–Trinajstić information content (AvgIpc) is 2.34. The molecular weight excluding hydrogens is 248 g/mol. The van der Waals surface area contributed by atoms with Gasteiger partial charge in [0, 0.05) is 12.1 Å². The number of hydrogen-bond donors (Lipinski definition) is 0. The Bertz CT molecular complexity index is 373. The van der Waals surface area contributed by atoms with Crippen LogP contribution >= 0.6 is 0 Å². The molecule has 0 radical (unpaired) electrons. The lowest BCUT2D eigenvalue weighted by atomic mass is 10.1. The number of hydrogen-bond acceptors (Lipinski definition) is 4. The van der Waals surface area contributed by atoms with Gasteiger partial charge in [0.05, 0.1) is 33.5 Å². The molecule has 0 atom stereocenters. The molecule has 0 spiro atoms. The average molecular weight is 270 g/mol. The molecule has 0 bridgehead atoms. The Hall–Kier alpha value is -1.20. The molecule has 5 heteroatoms. The van der Waals surface area contributed by atoms with E-state index in [1.54, 1.807) is 21.3 Å². The van der Waals surface area contributed by atoms with E-state index in [0.717, 1.165) is 17.1 Å². The molecule has 4 nitrogen and oxygen atoms in total. The largest absolute Gasteiger partial charge is 0.496 e. The van der Waals surface area contributed by atoms with Gasteiger partial charge in [0.1, 0.15) is 17.2 Å². The molecule has 1 aromatic rings. The van der Waals surface area contributed by atoms with Gasteiger partial charge in [0.15, 0.2) is 8.32 Å². The minimum atomic E-state index is -1.58. The highest BCUT2D eigenvalue weighted by atomic mass is 28.4. The molecule has 0 aromatic heterocycles. The molecule has 0 aliphatic carbocycles. The van der Waals surface area contributed by atoms with Crippen molar-refractivity contribution >= 4 is 8.32 Å². The van der Waals surface area contributed by atoms with Crippen molar-refractivity contribution in [3.8, 4) is 17.2 Å². The van der Waals surface area contributed by atoms with E-state index in [2.05, 4.69) is 19.6 Å². The maximum Gasteiger partial charge on any atom is 0.184 e. The minimum Gasteiger partial charge on any atom is -0.496 e. The van der Waals surface area contributed by atoms with E-state index in [1.807, 2.05) is 12.1 Å². The maximum atomic E-state index is 5.91. The summed E-state index contributed by atoms with van der Waals surface area (Å²) in [5.74, 6) is 2.16. The van der Waals surface area contributed by atoms with Gasteiger partial charge in [-0.05, 0) is 19.6 Å². The van der Waals surface area contributed by atoms with Gasteiger partial charge in [-0.3, -0.25) is 0 Å². The first-order valence-corrected chi connectivity index (χ1v) is 9.25. The minimum absolute atomic E-state index is 0.492. The van der Waals surface area contributed by atoms with Gasteiger partial charge < -0.3 is 18.6 Å². The van der Waals surface area contributed by atoms with E-state index in [9.17, 15) is 0 Å². The fourth-order valence-electron chi connectivity index (χ4n) is 1.51. The van der Waals surface area contributed by atoms with Gasteiger partial charge in [0.2, 0.25) is 0 Å². The Balaban J connectivity index is 3.07. The molecule has 1 rings (SSSR count). The van der Waals surface area contributed by atoms with Crippen LogP contribution in [0.25, 0.3) is 0 Å². The SMILES string of the molecule is COc1cc(OC)c(CO[Si](C)(C)C)c(OC)c1. The lowest BCUT2D eigenvalue weighted by Gasteiger charge is -2.20. The maximum absolute atomic E-state index is 5.91. The van der Waals surface area contributed by atoms with Crippen LogP contribution < -0.4 is 14.2 Å². The van der Waals surface area contributed by atoms with E-state index < -0.39 is 8.32 Å². The fraction of sp³-hybridized carbons (Fsp3) is 0.538. The molecular formula is C13H22O4Si. The summed E-state index contributed by atoms with van der Waals surface area (Å²) in [6.07, 6.45) is 0. The molecule has 0 saturated heterocycles. The fourth-order valence-corrected chi connectivity index (χ4v) is 2.09. The first kappa shape index (κ1) is 14.9. The normalized spacial score (nSPS) is 11.2. The number of benzene rings is 1. The van der Waals surface area contributed by atoms with Crippen LogP contribution in [-0.2, 0) is 11.0 Å². The summed E-state index contributed by atoms with van der Waals surface area (Å²) in [5.41, 5.74) is 0.920. The van der Waals surface area contributed by atoms with Crippen molar-refractivity contribution in [1.82, 2.24) is 0 Å². The third-order valence-electron chi connectivity index (χ3n) is 2.47. The van der Waals surface area contributed by atoms with Crippen molar-refractivity contribution in [3.63, 3.8) is 0 Å². The first-order valence-electron chi connectivity index (χ1n) is 5.84. The molecule has 18 heavy (non-hydrogen) atoms. The van der Waals surface area contributed by atoms with Crippen molar-refractivity contribution < 1.29 is 18.6 Å². The van der Waals surface area contributed by atoms with Gasteiger partial charge in [-0.25, -0.2) is 0 Å². The Morgan fingerprint density at radius 3 is 1.72 bits per heavy atom. The van der Waals surface area contributed by atoms with Crippen LogP contribution in [0.1, 0.15) is 5.56 Å². The van der Waals surface area contributed by atoms with Crippen molar-refractivity contribution in [3.05, 3.63) is 17.7 Å². The van der Waals surface area contributed by atoms with E-state index in [0.29, 0.717) is 12.4 Å². The monoisotopic (exact) mass is 270 g/mol. The summed E-state index contributed by atoms with van der Waals surface area (Å²) in [6, 6.07) is 3.68. The van der Waals surface area contributed by atoms with Crippen LogP contribution in [0.5, 0.6) is 17.2 Å². The Labute approximate surface area is 110 Å². The topological polar surface area (TPSA) is 36.9 Å². The highest BCUT2D eigenvalue weighted by Crippen LogP contribution is 2.34. The van der Waals surface area contributed by atoms with Crippen LogP contribution in [0.2, 0.25) is 19.6 Å². The third kappa shape index (κ3) is 3.92. The van der Waals surface area contributed by atoms with Crippen molar-refractivity contribution in [2.75, 3.05) is 21.3 Å². The molecule has 0 aliphatic rings. The zero-order chi connectivity index (χ0) is 13.8. The van der Waals surface area contributed by atoms with Crippen molar-refractivity contribution in [2.45, 2.75) is 26.2 Å². The predicted molar refractivity (Wildman–Crippen MR) is 74.2 cm³/mol. The second-order valence-corrected chi connectivity index (χ2v) is 9.42. The van der Waals surface area contributed by atoms with E-state index in [-0.39, 0.29) is 0 Å². The van der Waals surface area contributed by atoms with Crippen molar-refractivity contribution in [1.29, 1.82) is 0 Å². The highest BCUT2D eigenvalue weighted by Gasteiger charge is 2.19. The van der Waals surface area contributed by atoms with E-state index in [1.165, 1.54) is 0 Å². The molecule has 102 valence electrons. The van der Waals surface area contributed by atoms with Gasteiger partial charge in [0.25, 0.3) is 0 Å². The molecule has 0 fully saturated rings. The smallest absolute Gasteiger partial charge is 0.184 e. The zero-order valence-corrected chi connectivity index (χ0v) is 13.0. The number of ether oxygens (including phenoxy) is 3. The van der Waals surface area contributed by atoms with Crippen LogP contribution in [0.15, 0.2) is 12.1 Å². The Morgan fingerprint density at radius 2 is 1.39 bits per heavy atom. The van der Waals surface area contributed by atoms with Gasteiger partial charge in [-0.2, -0.15) is 0 Å². The lowest BCUT2D eigenvalue weighted by Crippen LogP contribution is -2.25. The molecule has 0 aliphatic heterocycles. The summed E-state index contributed by atoms with van der Waals surface area (Å²) in [4.78, 5) is 0. The Kier molecular flexibility index (Phi) is 5.04. The van der Waals surface area contributed by atoms with Gasteiger partial charge in [-0.15, -0.1) is 0 Å². The van der Waals surface area contributed by atoms with Crippen LogP contribution in [0.4, 0.5) is 0 Å². The quantitative estimate of drug-likeness (QED) is 0.744. The summed E-state index contributed by atoms with van der Waals surface area (Å²) in [6.45, 7) is 6.94. The Morgan fingerprint density at radius 1 is 0.889 bits per heavy atom. The van der Waals surface area contributed by atoms with Gasteiger partial charge >= 0.3 is 0 Å². The molecule has 1 aromatic carbocycles. The zero-order valence-electron chi connectivity index (χ0n) is 12.0. The highest BCUT2D eigenvalue weighted by molar-refractivity contribution is 6.69. The second-order valence-electron chi connectivity index (χ2n) is 4.91. The predicted octanol–water partition coefficient (Wildman–Crippen LogP) is 3.06. The first-order chi connectivity index (χ1) is 8.41.